The van der Waals surface area contributed by atoms with Crippen molar-refractivity contribution in [1.82, 2.24) is 25.3 Å². The van der Waals surface area contributed by atoms with Gasteiger partial charge in [-0.25, -0.2) is 15.0 Å². The fourth-order valence-corrected chi connectivity index (χ4v) is 2.23. The third-order valence-corrected chi connectivity index (χ3v) is 3.31. The second-order valence-corrected chi connectivity index (χ2v) is 4.72. The number of nitrogens with zero attached hydrogens (tertiary/aromatic N) is 4. The summed E-state index contributed by atoms with van der Waals surface area (Å²) in [5.74, 6) is 1.10. The highest BCUT2D eigenvalue weighted by atomic mass is 15.2. The van der Waals surface area contributed by atoms with Gasteiger partial charge in [0, 0.05) is 38.6 Å². The second kappa shape index (κ2) is 6.81. The zero-order valence-electron chi connectivity index (χ0n) is 11.7. The van der Waals surface area contributed by atoms with E-state index in [1.807, 2.05) is 30.6 Å². The topological polar surface area (TPSA) is 69.7 Å². The number of aromatic amines is 1. The zero-order valence-corrected chi connectivity index (χ0v) is 11.7. The maximum atomic E-state index is 4.30. The Hall–Kier alpha value is -2.47. The average Bonchev–Trinajstić information content (AvgIpc) is 3.06. The van der Waals surface area contributed by atoms with Crippen LogP contribution in [0.1, 0.15) is 0 Å². The molecule has 3 aromatic heterocycles. The van der Waals surface area contributed by atoms with Crippen molar-refractivity contribution in [1.29, 1.82) is 0 Å². The van der Waals surface area contributed by atoms with Gasteiger partial charge in [-0.2, -0.15) is 0 Å². The summed E-state index contributed by atoms with van der Waals surface area (Å²) in [5, 5.41) is 3.32. The van der Waals surface area contributed by atoms with Crippen molar-refractivity contribution in [3.8, 4) is 0 Å². The first-order valence-corrected chi connectivity index (χ1v) is 7.03. The van der Waals surface area contributed by atoms with E-state index in [2.05, 4.69) is 36.2 Å². The van der Waals surface area contributed by atoms with Gasteiger partial charge >= 0.3 is 0 Å². The molecular weight excluding hydrogens is 264 g/mol. The molecule has 0 aromatic carbocycles. The van der Waals surface area contributed by atoms with Crippen molar-refractivity contribution in [2.24, 2.45) is 0 Å². The van der Waals surface area contributed by atoms with Crippen LogP contribution in [0, 0.1) is 0 Å². The summed E-state index contributed by atoms with van der Waals surface area (Å²) in [6, 6.07) is 7.96. The minimum Gasteiger partial charge on any atom is -0.359 e. The summed E-state index contributed by atoms with van der Waals surface area (Å²) in [4.78, 5) is 17.4. The van der Waals surface area contributed by atoms with Gasteiger partial charge in [-0.05, 0) is 18.2 Å². The molecule has 0 atom stereocenters. The second-order valence-electron chi connectivity index (χ2n) is 4.72. The first kappa shape index (κ1) is 13.5. The maximum Gasteiger partial charge on any atom is 0.128 e. The van der Waals surface area contributed by atoms with Crippen molar-refractivity contribution < 1.29 is 0 Å². The molecule has 1 aliphatic heterocycles. The fraction of sp³-hybridized carbons (Fsp3) is 0.267. The van der Waals surface area contributed by atoms with Crippen molar-refractivity contribution in [3.63, 3.8) is 0 Å². The van der Waals surface area contributed by atoms with Crippen LogP contribution >= 0.6 is 0 Å². The standard InChI is InChI=1S/C9H13N3.C6H5N3/c1-2-4-11-9(3-1)12-7-5-10-6-8-12;1-2-8-6-3-7-4-9-5(1)6/h1-4,10H,5-8H2;1-4,8H. The van der Waals surface area contributed by atoms with Gasteiger partial charge in [0.15, 0.2) is 0 Å². The molecule has 2 N–H and O–H groups in total. The first-order chi connectivity index (χ1) is 10.4. The molecule has 3 aromatic rings. The number of anilines is 1. The molecule has 4 heterocycles. The van der Waals surface area contributed by atoms with Gasteiger partial charge in [0.2, 0.25) is 0 Å². The van der Waals surface area contributed by atoms with Crippen LogP contribution in [0.15, 0.2) is 49.2 Å². The van der Waals surface area contributed by atoms with Crippen LogP contribution in [0.4, 0.5) is 5.82 Å². The van der Waals surface area contributed by atoms with Gasteiger partial charge in [0.05, 0.1) is 17.2 Å². The number of hydrogen-bond acceptors (Lipinski definition) is 5. The Morgan fingerprint density at radius 2 is 1.95 bits per heavy atom. The largest absolute Gasteiger partial charge is 0.359 e. The lowest BCUT2D eigenvalue weighted by molar-refractivity contribution is 0.585. The predicted octanol–water partition coefficient (Wildman–Crippen LogP) is 1.45. The van der Waals surface area contributed by atoms with E-state index in [-0.39, 0.29) is 0 Å². The number of fused-ring (bicyclic) bond motifs is 1. The van der Waals surface area contributed by atoms with E-state index < -0.39 is 0 Å². The summed E-state index contributed by atoms with van der Waals surface area (Å²) >= 11 is 0. The number of pyridine rings is 1. The smallest absolute Gasteiger partial charge is 0.128 e. The van der Waals surface area contributed by atoms with Gasteiger partial charge < -0.3 is 15.2 Å². The van der Waals surface area contributed by atoms with E-state index in [0.29, 0.717) is 0 Å². The van der Waals surface area contributed by atoms with Crippen LogP contribution in [0.2, 0.25) is 0 Å². The molecule has 0 amide bonds. The van der Waals surface area contributed by atoms with Gasteiger partial charge in [0.1, 0.15) is 12.1 Å². The van der Waals surface area contributed by atoms with Gasteiger partial charge in [-0.3, -0.25) is 0 Å². The molecular formula is C15H18N6. The van der Waals surface area contributed by atoms with E-state index in [9.17, 15) is 0 Å². The third kappa shape index (κ3) is 3.55. The number of hydrogen-bond donors (Lipinski definition) is 2. The van der Waals surface area contributed by atoms with Crippen LogP contribution in [0.3, 0.4) is 0 Å². The van der Waals surface area contributed by atoms with E-state index in [0.717, 1.165) is 43.0 Å². The summed E-state index contributed by atoms with van der Waals surface area (Å²) < 4.78 is 0. The van der Waals surface area contributed by atoms with E-state index >= 15 is 0 Å². The number of piperazine rings is 1. The molecule has 6 heteroatoms. The quantitative estimate of drug-likeness (QED) is 0.707. The van der Waals surface area contributed by atoms with E-state index in [1.165, 1.54) is 6.33 Å². The highest BCUT2D eigenvalue weighted by Crippen LogP contribution is 2.08. The van der Waals surface area contributed by atoms with E-state index in [1.54, 1.807) is 6.20 Å². The average molecular weight is 282 g/mol. The lowest BCUT2D eigenvalue weighted by Crippen LogP contribution is -2.43. The number of H-pyrrole nitrogens is 1. The highest BCUT2D eigenvalue weighted by molar-refractivity contribution is 5.72. The van der Waals surface area contributed by atoms with Gasteiger partial charge in [0.25, 0.3) is 0 Å². The van der Waals surface area contributed by atoms with Gasteiger partial charge in [-0.15, -0.1) is 0 Å². The highest BCUT2D eigenvalue weighted by Gasteiger charge is 2.09. The molecule has 0 spiro atoms. The molecule has 108 valence electrons. The van der Waals surface area contributed by atoms with Gasteiger partial charge in [-0.1, -0.05) is 6.07 Å². The molecule has 4 rings (SSSR count). The van der Waals surface area contributed by atoms with Crippen molar-refractivity contribution >= 4 is 16.9 Å². The molecule has 21 heavy (non-hydrogen) atoms. The Morgan fingerprint density at radius 3 is 2.71 bits per heavy atom. The molecule has 0 saturated carbocycles. The molecule has 0 radical (unpaired) electrons. The Kier molecular flexibility index (Phi) is 4.38. The molecule has 6 nitrogen and oxygen atoms in total. The normalized spacial score (nSPS) is 14.6. The molecule has 0 unspecified atom stereocenters. The van der Waals surface area contributed by atoms with Crippen LogP contribution in [-0.2, 0) is 0 Å². The Morgan fingerprint density at radius 1 is 1.05 bits per heavy atom. The minimum absolute atomic E-state index is 0.963. The molecule has 1 aliphatic rings. The van der Waals surface area contributed by atoms with E-state index in [4.69, 9.17) is 0 Å². The lowest BCUT2D eigenvalue weighted by Gasteiger charge is -2.28. The van der Waals surface area contributed by atoms with Crippen LogP contribution in [0.25, 0.3) is 11.0 Å². The summed E-state index contributed by atoms with van der Waals surface area (Å²) in [7, 11) is 0. The van der Waals surface area contributed by atoms with Crippen molar-refractivity contribution in [2.75, 3.05) is 31.1 Å². The number of rotatable bonds is 1. The molecule has 0 aliphatic carbocycles. The number of nitrogens with one attached hydrogen (secondary N) is 2. The zero-order chi connectivity index (χ0) is 14.3. The number of aromatic nitrogens is 4. The molecule has 0 bridgehead atoms. The minimum atomic E-state index is 0.963. The SMILES string of the molecule is c1ccc(N2CCNCC2)nc1.c1ncc2[nH]ccc2n1. The first-order valence-electron chi connectivity index (χ1n) is 7.03. The predicted molar refractivity (Wildman–Crippen MR) is 83.2 cm³/mol. The summed E-state index contributed by atoms with van der Waals surface area (Å²) in [6.07, 6.45) is 6.98. The van der Waals surface area contributed by atoms with Crippen molar-refractivity contribution in [3.05, 3.63) is 49.2 Å². The lowest BCUT2D eigenvalue weighted by atomic mass is 10.3. The molecule has 1 fully saturated rings. The third-order valence-electron chi connectivity index (χ3n) is 3.31. The summed E-state index contributed by atoms with van der Waals surface area (Å²) in [5.41, 5.74) is 1.95. The summed E-state index contributed by atoms with van der Waals surface area (Å²) in [6.45, 7) is 4.27. The maximum absolute atomic E-state index is 4.30. The molecule has 1 saturated heterocycles. The Bertz CT molecular complexity index is 630. The van der Waals surface area contributed by atoms with Crippen LogP contribution < -0.4 is 10.2 Å². The van der Waals surface area contributed by atoms with Crippen molar-refractivity contribution in [2.45, 2.75) is 0 Å². The van der Waals surface area contributed by atoms with Crippen LogP contribution in [0.5, 0.6) is 0 Å². The Balaban J connectivity index is 0.000000131. The fourth-order valence-electron chi connectivity index (χ4n) is 2.23. The monoisotopic (exact) mass is 282 g/mol. The van der Waals surface area contributed by atoms with Crippen LogP contribution in [-0.4, -0.2) is 46.1 Å². The Labute approximate surface area is 123 Å².